The van der Waals surface area contributed by atoms with Crippen molar-refractivity contribution in [2.24, 2.45) is 11.5 Å². The van der Waals surface area contributed by atoms with E-state index in [1.165, 1.54) is 12.1 Å². The highest BCUT2D eigenvalue weighted by Gasteiger charge is 2.35. The Morgan fingerprint density at radius 3 is 2.44 bits per heavy atom. The minimum absolute atomic E-state index is 0.0185. The van der Waals surface area contributed by atoms with E-state index >= 15 is 0 Å². The van der Waals surface area contributed by atoms with Gasteiger partial charge in [0.1, 0.15) is 11.4 Å². The van der Waals surface area contributed by atoms with Gasteiger partial charge in [-0.2, -0.15) is 18.2 Å². The Kier molecular flexibility index (Phi) is 5.75. The summed E-state index contributed by atoms with van der Waals surface area (Å²) in [5, 5.41) is 5.39. The van der Waals surface area contributed by atoms with Gasteiger partial charge in [0.2, 0.25) is 11.9 Å². The molecule has 0 aliphatic carbocycles. The number of nitrogens with one attached hydrogen (secondary N) is 2. The van der Waals surface area contributed by atoms with Crippen LogP contribution in [0.2, 0.25) is 0 Å². The van der Waals surface area contributed by atoms with Crippen molar-refractivity contribution in [3.63, 3.8) is 0 Å². The maximum absolute atomic E-state index is 13.0. The molecule has 134 valence electrons. The van der Waals surface area contributed by atoms with Crippen LogP contribution in [0.25, 0.3) is 0 Å². The number of hydrogen-bond donors (Lipinski definition) is 4. The number of aromatic nitrogens is 2. The summed E-state index contributed by atoms with van der Waals surface area (Å²) >= 11 is 0. The second-order valence-corrected chi connectivity index (χ2v) is 5.09. The molecule has 0 aliphatic heterocycles. The fourth-order valence-corrected chi connectivity index (χ4v) is 1.94. The van der Waals surface area contributed by atoms with Crippen LogP contribution in [0, 0.1) is 0 Å². The number of rotatable bonds is 7. The number of nitrogens with zero attached hydrogens (tertiary/aromatic N) is 2. The second kappa shape index (κ2) is 7.79. The molecular formula is C15H17F3N6O. The SMILES string of the molecule is NCCCNc1nc(Nc2ccc(C(N)=O)cc2)ncc1C(F)(F)F. The molecule has 0 aliphatic rings. The number of alkyl halides is 3. The third kappa shape index (κ3) is 5.05. The van der Waals surface area contributed by atoms with Crippen LogP contribution >= 0.6 is 0 Å². The van der Waals surface area contributed by atoms with E-state index in [9.17, 15) is 18.0 Å². The Hall–Kier alpha value is -2.88. The van der Waals surface area contributed by atoms with Crippen molar-refractivity contribution in [1.29, 1.82) is 0 Å². The number of halogens is 3. The van der Waals surface area contributed by atoms with Crippen LogP contribution in [0.15, 0.2) is 30.5 Å². The second-order valence-electron chi connectivity index (χ2n) is 5.09. The molecule has 1 amide bonds. The van der Waals surface area contributed by atoms with Crippen LogP contribution in [0.1, 0.15) is 22.3 Å². The lowest BCUT2D eigenvalue weighted by Crippen LogP contribution is -2.16. The topological polar surface area (TPSA) is 119 Å². The molecule has 0 atom stereocenters. The molecule has 0 bridgehead atoms. The van der Waals surface area contributed by atoms with Gasteiger partial charge in [-0.1, -0.05) is 0 Å². The van der Waals surface area contributed by atoms with Crippen molar-refractivity contribution in [3.05, 3.63) is 41.6 Å². The van der Waals surface area contributed by atoms with Gasteiger partial charge in [-0.05, 0) is 37.2 Å². The van der Waals surface area contributed by atoms with Gasteiger partial charge in [0, 0.05) is 24.0 Å². The lowest BCUT2D eigenvalue weighted by atomic mass is 10.2. The van der Waals surface area contributed by atoms with Gasteiger partial charge in [-0.25, -0.2) is 4.98 Å². The Labute approximate surface area is 141 Å². The van der Waals surface area contributed by atoms with Crippen molar-refractivity contribution in [1.82, 2.24) is 9.97 Å². The molecule has 2 aromatic rings. The number of carbonyl (C=O) groups is 1. The summed E-state index contributed by atoms with van der Waals surface area (Å²) in [6, 6.07) is 6.05. The molecule has 0 spiro atoms. The van der Waals surface area contributed by atoms with Crippen LogP contribution in [0.4, 0.5) is 30.6 Å². The predicted octanol–water partition coefficient (Wildman–Crippen LogP) is 2.10. The van der Waals surface area contributed by atoms with E-state index in [0.29, 0.717) is 30.4 Å². The van der Waals surface area contributed by atoms with Gasteiger partial charge in [0.05, 0.1) is 0 Å². The Bertz CT molecular complexity index is 733. The van der Waals surface area contributed by atoms with Gasteiger partial charge in [0.25, 0.3) is 0 Å². The zero-order chi connectivity index (χ0) is 18.4. The van der Waals surface area contributed by atoms with E-state index in [2.05, 4.69) is 20.6 Å². The van der Waals surface area contributed by atoms with Crippen molar-refractivity contribution >= 4 is 23.4 Å². The Balaban J connectivity index is 2.22. The third-order valence-electron chi connectivity index (χ3n) is 3.19. The van der Waals surface area contributed by atoms with E-state index in [1.807, 2.05) is 0 Å². The van der Waals surface area contributed by atoms with Crippen LogP contribution < -0.4 is 22.1 Å². The Morgan fingerprint density at radius 1 is 1.20 bits per heavy atom. The van der Waals surface area contributed by atoms with Gasteiger partial charge < -0.3 is 22.1 Å². The monoisotopic (exact) mass is 354 g/mol. The first-order valence-corrected chi connectivity index (χ1v) is 7.36. The van der Waals surface area contributed by atoms with Crippen LogP contribution in [-0.2, 0) is 6.18 Å². The highest BCUT2D eigenvalue weighted by Crippen LogP contribution is 2.34. The average Bonchev–Trinajstić information content (AvgIpc) is 2.55. The number of primary amides is 1. The Morgan fingerprint density at radius 2 is 1.88 bits per heavy atom. The van der Waals surface area contributed by atoms with Crippen LogP contribution in [-0.4, -0.2) is 29.0 Å². The molecule has 2 rings (SSSR count). The quantitative estimate of drug-likeness (QED) is 0.566. The molecule has 6 N–H and O–H groups in total. The third-order valence-corrected chi connectivity index (χ3v) is 3.19. The predicted molar refractivity (Wildman–Crippen MR) is 87.4 cm³/mol. The number of hydrogen-bond acceptors (Lipinski definition) is 6. The first-order chi connectivity index (χ1) is 11.8. The normalized spacial score (nSPS) is 11.2. The highest BCUT2D eigenvalue weighted by molar-refractivity contribution is 5.93. The number of benzene rings is 1. The zero-order valence-corrected chi connectivity index (χ0v) is 13.1. The maximum atomic E-state index is 13.0. The van der Waals surface area contributed by atoms with Gasteiger partial charge >= 0.3 is 6.18 Å². The molecule has 0 unspecified atom stereocenters. The number of nitrogens with two attached hydrogens (primary N) is 2. The molecule has 1 aromatic heterocycles. The minimum atomic E-state index is -4.58. The lowest BCUT2D eigenvalue weighted by molar-refractivity contribution is -0.137. The summed E-state index contributed by atoms with van der Waals surface area (Å²) in [6.45, 7) is 0.597. The van der Waals surface area contributed by atoms with Crippen molar-refractivity contribution in [2.75, 3.05) is 23.7 Å². The van der Waals surface area contributed by atoms with E-state index in [1.54, 1.807) is 12.1 Å². The summed E-state index contributed by atoms with van der Waals surface area (Å²) in [7, 11) is 0. The molecule has 10 heteroatoms. The van der Waals surface area contributed by atoms with Gasteiger partial charge in [-0.3, -0.25) is 4.79 Å². The first kappa shape index (κ1) is 18.5. The van der Waals surface area contributed by atoms with E-state index in [4.69, 9.17) is 11.5 Å². The van der Waals surface area contributed by atoms with Crippen molar-refractivity contribution < 1.29 is 18.0 Å². The molecule has 0 fully saturated rings. The first-order valence-electron chi connectivity index (χ1n) is 7.36. The van der Waals surface area contributed by atoms with Crippen molar-refractivity contribution in [2.45, 2.75) is 12.6 Å². The fraction of sp³-hybridized carbons (Fsp3) is 0.267. The zero-order valence-electron chi connectivity index (χ0n) is 13.1. The molecule has 7 nitrogen and oxygen atoms in total. The summed E-state index contributed by atoms with van der Waals surface area (Å²) < 4.78 is 39.1. The number of anilines is 3. The molecule has 1 heterocycles. The van der Waals surface area contributed by atoms with E-state index in [-0.39, 0.29) is 18.3 Å². The molecule has 0 radical (unpaired) electrons. The number of amides is 1. The van der Waals surface area contributed by atoms with Gasteiger partial charge in [-0.15, -0.1) is 0 Å². The molecule has 1 aromatic carbocycles. The summed E-state index contributed by atoms with van der Waals surface area (Å²) in [5.74, 6) is -0.925. The fourth-order valence-electron chi connectivity index (χ4n) is 1.94. The molecule has 25 heavy (non-hydrogen) atoms. The maximum Gasteiger partial charge on any atom is 0.421 e. The molecule has 0 saturated heterocycles. The highest BCUT2D eigenvalue weighted by atomic mass is 19.4. The smallest absolute Gasteiger partial charge is 0.369 e. The summed E-state index contributed by atoms with van der Waals surface area (Å²) in [5.41, 5.74) is 10.3. The molecule has 0 saturated carbocycles. The van der Waals surface area contributed by atoms with E-state index < -0.39 is 17.6 Å². The van der Waals surface area contributed by atoms with Gasteiger partial charge in [0.15, 0.2) is 0 Å². The van der Waals surface area contributed by atoms with E-state index in [0.717, 1.165) is 0 Å². The molecular weight excluding hydrogens is 337 g/mol. The minimum Gasteiger partial charge on any atom is -0.369 e. The summed E-state index contributed by atoms with van der Waals surface area (Å²) in [4.78, 5) is 18.6. The van der Waals surface area contributed by atoms with Crippen LogP contribution in [0.5, 0.6) is 0 Å². The summed E-state index contributed by atoms with van der Waals surface area (Å²) in [6.07, 6.45) is -3.37. The lowest BCUT2D eigenvalue weighted by Gasteiger charge is -2.14. The number of carbonyl (C=O) groups excluding carboxylic acids is 1. The largest absolute Gasteiger partial charge is 0.421 e. The van der Waals surface area contributed by atoms with Crippen LogP contribution in [0.3, 0.4) is 0 Å². The van der Waals surface area contributed by atoms with Crippen molar-refractivity contribution in [3.8, 4) is 0 Å². The average molecular weight is 354 g/mol. The standard InChI is InChI=1S/C15H17F3N6O/c16-15(17,18)11-8-22-14(24-13(11)21-7-1-6-19)23-10-4-2-9(3-5-10)12(20)25/h2-5,8H,1,6-7,19H2,(H2,20,25)(H2,21,22,23,24).